The van der Waals surface area contributed by atoms with Crippen molar-refractivity contribution < 1.29 is 24.5 Å². The van der Waals surface area contributed by atoms with Crippen molar-refractivity contribution in [2.75, 3.05) is 13.2 Å². The smallest absolute Gasteiger partial charge is 0.305 e. The van der Waals surface area contributed by atoms with E-state index in [0.29, 0.717) is 19.4 Å². The summed E-state index contributed by atoms with van der Waals surface area (Å²) in [5.74, 6) is -0.0471. The molecule has 0 aromatic heterocycles. The van der Waals surface area contributed by atoms with Gasteiger partial charge in [0, 0.05) is 12.8 Å². The maximum atomic E-state index is 12.5. The van der Waals surface area contributed by atoms with Crippen LogP contribution < -0.4 is 5.32 Å². The van der Waals surface area contributed by atoms with Gasteiger partial charge in [0.2, 0.25) is 5.91 Å². The zero-order valence-corrected chi connectivity index (χ0v) is 56.5. The van der Waals surface area contributed by atoms with Gasteiger partial charge in [-0.25, -0.2) is 0 Å². The number of carbonyl (C=O) groups excluding carboxylic acids is 2. The second kappa shape index (κ2) is 72.8. The van der Waals surface area contributed by atoms with Gasteiger partial charge in [-0.1, -0.05) is 385 Å². The summed E-state index contributed by atoms with van der Waals surface area (Å²) >= 11 is 0. The highest BCUT2D eigenvalue weighted by molar-refractivity contribution is 5.76. The number of rotatable bonds is 72. The Kier molecular flexibility index (Phi) is 71.4. The van der Waals surface area contributed by atoms with Crippen molar-refractivity contribution in [2.45, 2.75) is 443 Å². The lowest BCUT2D eigenvalue weighted by Crippen LogP contribution is -2.45. The lowest BCUT2D eigenvalue weighted by Gasteiger charge is -2.20. The van der Waals surface area contributed by atoms with Gasteiger partial charge in [0.1, 0.15) is 0 Å². The average Bonchev–Trinajstić information content (AvgIpc) is 3.49. The Morgan fingerprint density at radius 1 is 0.325 bits per heavy atom. The third kappa shape index (κ3) is 69.3. The number of hydrogen-bond acceptors (Lipinski definition) is 5. The number of ether oxygens (including phenoxy) is 1. The molecule has 0 aliphatic heterocycles. The molecule has 492 valence electrons. The Balaban J connectivity index is 3.36. The van der Waals surface area contributed by atoms with Gasteiger partial charge < -0.3 is 20.3 Å². The maximum absolute atomic E-state index is 12.5. The van der Waals surface area contributed by atoms with Crippen molar-refractivity contribution in [1.29, 1.82) is 0 Å². The summed E-state index contributed by atoms with van der Waals surface area (Å²) in [5.41, 5.74) is 0. The molecule has 0 rings (SSSR count). The summed E-state index contributed by atoms with van der Waals surface area (Å²) in [6.07, 6.45) is 92.9. The molecule has 0 saturated carbocycles. The first-order valence-corrected chi connectivity index (χ1v) is 38.1. The lowest BCUT2D eigenvalue weighted by molar-refractivity contribution is -0.143. The summed E-state index contributed by atoms with van der Waals surface area (Å²) in [6.45, 7) is 4.93. The summed E-state index contributed by atoms with van der Waals surface area (Å²) < 4.78 is 5.49. The molecule has 0 saturated heterocycles. The Hall–Kier alpha value is -1.66. The maximum Gasteiger partial charge on any atom is 0.305 e. The fourth-order valence-electron chi connectivity index (χ4n) is 12.2. The van der Waals surface area contributed by atoms with E-state index in [0.717, 1.165) is 44.9 Å². The van der Waals surface area contributed by atoms with E-state index in [-0.39, 0.29) is 18.5 Å². The quantitative estimate of drug-likeness (QED) is 0.0320. The predicted octanol–water partition coefficient (Wildman–Crippen LogP) is 24.9. The van der Waals surface area contributed by atoms with E-state index in [9.17, 15) is 19.8 Å². The van der Waals surface area contributed by atoms with E-state index in [1.54, 1.807) is 6.08 Å². The molecule has 0 aromatic carbocycles. The number of unbranched alkanes of at least 4 members (excludes halogenated alkanes) is 59. The second-order valence-corrected chi connectivity index (χ2v) is 26.3. The highest BCUT2D eigenvalue weighted by Gasteiger charge is 2.18. The average molecular weight is 1170 g/mol. The van der Waals surface area contributed by atoms with Gasteiger partial charge in [-0.2, -0.15) is 0 Å². The standard InChI is InChI=1S/C77H149NO5/c1-3-5-7-9-11-13-15-17-18-19-20-21-33-36-39-42-46-49-53-57-61-65-69-75(80)74(73-79)78-76(81)70-66-62-58-54-50-47-43-40-37-34-31-29-27-25-23-22-24-26-28-30-32-35-38-41-44-48-52-56-60-64-68-72-83-77(82)71-67-63-59-55-51-45-16-14-12-10-8-6-4-2/h14,16,65,69,74-75,79-80H,3-13,15,17-64,66-68,70-73H2,1-2H3,(H,78,81)/b16-14-,69-65+. The van der Waals surface area contributed by atoms with Crippen molar-refractivity contribution in [3.8, 4) is 0 Å². The number of amides is 1. The van der Waals surface area contributed by atoms with Crippen LogP contribution in [0.15, 0.2) is 24.3 Å². The third-order valence-electron chi connectivity index (χ3n) is 18.0. The van der Waals surface area contributed by atoms with Crippen molar-refractivity contribution in [3.63, 3.8) is 0 Å². The number of carbonyl (C=O) groups is 2. The topological polar surface area (TPSA) is 95.9 Å². The van der Waals surface area contributed by atoms with Crippen LogP contribution in [0.1, 0.15) is 431 Å². The lowest BCUT2D eigenvalue weighted by atomic mass is 10.0. The first-order chi connectivity index (χ1) is 41.0. The first kappa shape index (κ1) is 81.3. The SMILES string of the molecule is CCCCCC/C=C\CCCCCCCC(=O)OCCCCCCCCCCCCCCCCCCCCCCCCCCCCCCCCCC(=O)NC(CO)C(O)/C=C/CCCCCCCCCCCCCCCCCCCCCC. The molecule has 0 bridgehead atoms. The summed E-state index contributed by atoms with van der Waals surface area (Å²) in [6, 6.07) is -0.625. The number of esters is 1. The number of allylic oxidation sites excluding steroid dienone is 3. The van der Waals surface area contributed by atoms with Crippen LogP contribution in [0.4, 0.5) is 0 Å². The van der Waals surface area contributed by atoms with Crippen molar-refractivity contribution in [2.24, 2.45) is 0 Å². The molecule has 83 heavy (non-hydrogen) atoms. The normalized spacial score (nSPS) is 12.6. The molecule has 2 unspecified atom stereocenters. The van der Waals surface area contributed by atoms with Crippen LogP contribution in [-0.4, -0.2) is 47.4 Å². The zero-order chi connectivity index (χ0) is 59.9. The molecule has 1 amide bonds. The molecular weight excluding hydrogens is 1020 g/mol. The van der Waals surface area contributed by atoms with Crippen molar-refractivity contribution in [1.82, 2.24) is 5.32 Å². The molecule has 3 N–H and O–H groups in total. The molecule has 6 heteroatoms. The highest BCUT2D eigenvalue weighted by Crippen LogP contribution is 2.20. The monoisotopic (exact) mass is 1170 g/mol. The molecule has 2 atom stereocenters. The van der Waals surface area contributed by atoms with Crippen LogP contribution >= 0.6 is 0 Å². The molecule has 0 aromatic rings. The van der Waals surface area contributed by atoms with Crippen LogP contribution in [0.5, 0.6) is 0 Å². The summed E-state index contributed by atoms with van der Waals surface area (Å²) in [7, 11) is 0. The Labute approximate surface area is 520 Å². The van der Waals surface area contributed by atoms with Crippen molar-refractivity contribution >= 4 is 11.9 Å². The van der Waals surface area contributed by atoms with Gasteiger partial charge >= 0.3 is 5.97 Å². The minimum Gasteiger partial charge on any atom is -0.466 e. The van der Waals surface area contributed by atoms with Crippen LogP contribution in [-0.2, 0) is 14.3 Å². The van der Waals surface area contributed by atoms with Crippen LogP contribution in [0.25, 0.3) is 0 Å². The van der Waals surface area contributed by atoms with E-state index in [2.05, 4.69) is 31.3 Å². The fraction of sp³-hybridized carbons (Fsp3) is 0.922. The largest absolute Gasteiger partial charge is 0.466 e. The Bertz CT molecular complexity index is 1300. The van der Waals surface area contributed by atoms with Gasteiger partial charge in [0.15, 0.2) is 0 Å². The summed E-state index contributed by atoms with van der Waals surface area (Å²) in [5, 5.41) is 23.3. The molecule has 0 radical (unpaired) electrons. The van der Waals surface area contributed by atoms with Gasteiger partial charge in [-0.3, -0.25) is 9.59 Å². The number of aliphatic hydroxyl groups is 2. The van der Waals surface area contributed by atoms with Gasteiger partial charge in [0.05, 0.1) is 25.4 Å². The van der Waals surface area contributed by atoms with E-state index in [4.69, 9.17) is 4.74 Å². The van der Waals surface area contributed by atoms with Crippen LogP contribution in [0, 0.1) is 0 Å². The Morgan fingerprint density at radius 3 is 0.867 bits per heavy atom. The molecule has 0 heterocycles. The minimum atomic E-state index is -0.842. The molecule has 0 aliphatic carbocycles. The zero-order valence-electron chi connectivity index (χ0n) is 56.5. The van der Waals surface area contributed by atoms with E-state index >= 15 is 0 Å². The van der Waals surface area contributed by atoms with E-state index in [1.807, 2.05) is 6.08 Å². The van der Waals surface area contributed by atoms with Gasteiger partial charge in [-0.05, 0) is 57.8 Å². The number of aliphatic hydroxyl groups excluding tert-OH is 2. The highest BCUT2D eigenvalue weighted by atomic mass is 16.5. The van der Waals surface area contributed by atoms with Crippen molar-refractivity contribution in [3.05, 3.63) is 24.3 Å². The predicted molar refractivity (Wildman–Crippen MR) is 366 cm³/mol. The van der Waals surface area contributed by atoms with E-state index in [1.165, 1.54) is 360 Å². The summed E-state index contributed by atoms with van der Waals surface area (Å²) in [4.78, 5) is 24.6. The third-order valence-corrected chi connectivity index (χ3v) is 18.0. The van der Waals surface area contributed by atoms with Crippen LogP contribution in [0.2, 0.25) is 0 Å². The van der Waals surface area contributed by atoms with Gasteiger partial charge in [-0.15, -0.1) is 0 Å². The van der Waals surface area contributed by atoms with Gasteiger partial charge in [0.25, 0.3) is 0 Å². The minimum absolute atomic E-state index is 0.0119. The molecule has 0 aliphatic rings. The molecule has 0 fully saturated rings. The van der Waals surface area contributed by atoms with Crippen LogP contribution in [0.3, 0.4) is 0 Å². The van der Waals surface area contributed by atoms with E-state index < -0.39 is 12.1 Å². The first-order valence-electron chi connectivity index (χ1n) is 38.1. The Morgan fingerprint density at radius 2 is 0.566 bits per heavy atom. The number of nitrogens with one attached hydrogen (secondary N) is 1. The molecular formula is C77H149NO5. The second-order valence-electron chi connectivity index (χ2n) is 26.3. The fourth-order valence-corrected chi connectivity index (χ4v) is 12.2. The number of hydrogen-bond donors (Lipinski definition) is 3. The molecule has 6 nitrogen and oxygen atoms in total. The molecule has 0 spiro atoms.